The number of thiazole rings is 1. The second-order valence-corrected chi connectivity index (χ2v) is 28.7. The molecule has 7 rings (SSSR count). The van der Waals surface area contributed by atoms with Crippen molar-refractivity contribution in [2.75, 3.05) is 24.0 Å². The summed E-state index contributed by atoms with van der Waals surface area (Å²) in [6.45, 7) is 33.6. The summed E-state index contributed by atoms with van der Waals surface area (Å²) in [5.74, 6) is -1.32. The zero-order valence-electron chi connectivity index (χ0n) is 51.2. The fourth-order valence-electron chi connectivity index (χ4n) is 8.75. The van der Waals surface area contributed by atoms with Crippen molar-refractivity contribution < 1.29 is 65.4 Å². The maximum Gasteiger partial charge on any atom is 0.308 e. The first kappa shape index (κ1) is 73.0. The van der Waals surface area contributed by atoms with Gasteiger partial charge in [0.1, 0.15) is 26.6 Å². The number of carbonyl (C=O) groups excluding carboxylic acids is 3. The lowest BCUT2D eigenvalue weighted by atomic mass is 10.0. The van der Waals surface area contributed by atoms with E-state index in [1.165, 1.54) is 11.0 Å². The van der Waals surface area contributed by atoms with Gasteiger partial charge in [-0.15, -0.1) is 16.4 Å². The van der Waals surface area contributed by atoms with Crippen LogP contribution in [0.5, 0.6) is 0 Å². The molecule has 0 radical (unpaired) electrons. The van der Waals surface area contributed by atoms with Gasteiger partial charge >= 0.3 is 17.9 Å². The van der Waals surface area contributed by atoms with Crippen LogP contribution in [0.1, 0.15) is 174 Å². The van der Waals surface area contributed by atoms with Gasteiger partial charge in [0.15, 0.2) is 23.2 Å². The second kappa shape index (κ2) is 31.7. The van der Waals surface area contributed by atoms with Crippen molar-refractivity contribution in [2.24, 2.45) is 0 Å². The standard InChI is InChI=1S/C14H26O6S.C14H26O4S.C14H26O4.C8H8N4.C8H7NS.CH4/c1-13(2,3)20-12(15)8-10-7-11(9-21(6,16)17)19-14(4,5)18-10;1-13(2,3)18-12(15)8-10-7-11(9-19-6)17-14(4,5)16-10;1-7-10-8-11(17-14(5,6)16-10)9-12(15)18-13(2,3)4;1-7-9-10-11-12(7)8-5-3-2-4-6-8;1-6-9-7-4-2-3-5-8(7)10-6;/h10-11H,7-9H2,1-6H3;10-11H,7-9H2,1-6H3;10-11H,7-9H2,1-6H3;2-6H,1H3;2-5H,1H3;1H4/t2*10-,11+;10-,11-;;;/m111.../s1. The Morgan fingerprint density at radius 3 is 1.43 bits per heavy atom. The number of para-hydroxylation sites is 2. The molecule has 0 unspecified atom stereocenters. The van der Waals surface area contributed by atoms with Crippen LogP contribution < -0.4 is 0 Å². The smallest absolute Gasteiger partial charge is 0.308 e. The number of hydrogen-bond acceptors (Lipinski definition) is 20. The van der Waals surface area contributed by atoms with E-state index < -0.39 is 56.2 Å². The van der Waals surface area contributed by atoms with Gasteiger partial charge in [-0.2, -0.15) is 16.4 Å². The number of benzene rings is 2. The summed E-state index contributed by atoms with van der Waals surface area (Å²) in [6, 6.07) is 18.0. The molecule has 81 heavy (non-hydrogen) atoms. The first-order valence-electron chi connectivity index (χ1n) is 27.2. The summed E-state index contributed by atoms with van der Waals surface area (Å²) in [7, 11) is -3.15. The highest BCUT2D eigenvalue weighted by Crippen LogP contribution is 2.33. The van der Waals surface area contributed by atoms with Gasteiger partial charge in [-0.1, -0.05) is 44.7 Å². The Morgan fingerprint density at radius 1 is 0.642 bits per heavy atom. The molecule has 2 aromatic heterocycles. The fourth-order valence-corrected chi connectivity index (χ4v) is 11.0. The van der Waals surface area contributed by atoms with Crippen LogP contribution >= 0.6 is 23.1 Å². The quantitative estimate of drug-likeness (QED) is 0.0949. The number of esters is 3. The van der Waals surface area contributed by atoms with Gasteiger partial charge < -0.3 is 42.6 Å². The van der Waals surface area contributed by atoms with E-state index >= 15 is 0 Å². The molecule has 0 bridgehead atoms. The first-order valence-corrected chi connectivity index (χ1v) is 31.5. The van der Waals surface area contributed by atoms with Gasteiger partial charge in [0.25, 0.3) is 0 Å². The van der Waals surface area contributed by atoms with Crippen LogP contribution in [0.2, 0.25) is 0 Å². The van der Waals surface area contributed by atoms with E-state index in [-0.39, 0.29) is 68.3 Å². The van der Waals surface area contributed by atoms with Crippen LogP contribution in [0.3, 0.4) is 0 Å². The zero-order chi connectivity index (χ0) is 60.5. The fraction of sp³-hybridized carbons (Fsp3) is 0.712. The first-order chi connectivity index (χ1) is 36.7. The highest BCUT2D eigenvalue weighted by atomic mass is 32.2. The minimum atomic E-state index is -3.15. The summed E-state index contributed by atoms with van der Waals surface area (Å²) < 4.78 is 76.2. The Labute approximate surface area is 492 Å². The lowest BCUT2D eigenvalue weighted by Gasteiger charge is -2.40. The average Bonchev–Trinajstić information content (AvgIpc) is 3.87. The van der Waals surface area contributed by atoms with Crippen molar-refractivity contribution in [3.63, 3.8) is 0 Å². The van der Waals surface area contributed by atoms with Crippen LogP contribution in [-0.4, -0.2) is 146 Å². The third-order valence-corrected chi connectivity index (χ3v) is 13.7. The topological polar surface area (TPSA) is 225 Å². The number of hydrogen-bond donors (Lipinski definition) is 0. The minimum absolute atomic E-state index is 0. The van der Waals surface area contributed by atoms with Gasteiger partial charge in [0.2, 0.25) is 0 Å². The number of tetrazole rings is 1. The molecule has 0 N–H and O–H groups in total. The number of fused-ring (bicyclic) bond motifs is 1. The molecule has 3 saturated heterocycles. The van der Waals surface area contributed by atoms with E-state index in [2.05, 4.69) is 39.8 Å². The molecule has 4 aromatic rings. The predicted molar refractivity (Wildman–Crippen MR) is 320 cm³/mol. The third kappa shape index (κ3) is 30.8. The number of rotatable bonds is 12. The normalized spacial score (nSPS) is 22.2. The summed E-state index contributed by atoms with van der Waals surface area (Å²) in [4.78, 5) is 39.8. The summed E-state index contributed by atoms with van der Waals surface area (Å²) >= 11 is 3.48. The monoisotopic (exact) mass is 1200 g/mol. The summed E-state index contributed by atoms with van der Waals surface area (Å²) in [6.07, 6.45) is 5.81. The van der Waals surface area contributed by atoms with E-state index in [1.807, 2.05) is 132 Å². The molecule has 19 nitrogen and oxygen atoms in total. The third-order valence-electron chi connectivity index (χ3n) is 11.0. The van der Waals surface area contributed by atoms with Crippen LogP contribution in [-0.2, 0) is 66.9 Å². The number of thioether (sulfide) groups is 1. The zero-order valence-corrected chi connectivity index (χ0v) is 53.6. The van der Waals surface area contributed by atoms with Gasteiger partial charge in [-0.3, -0.25) is 14.4 Å². The molecule has 3 aliphatic rings. The number of aryl methyl sites for hydroxylation is 2. The molecule has 3 aliphatic heterocycles. The Morgan fingerprint density at radius 2 is 1.04 bits per heavy atom. The van der Waals surface area contributed by atoms with Crippen molar-refractivity contribution >= 4 is 61.1 Å². The molecule has 3 fully saturated rings. The maximum atomic E-state index is 11.9. The SMILES string of the molecule is C.CC(C)(C)OC(=O)C[C@H]1C[C@@H](CS(C)(=O)=O)OC(C)(C)O1.CC[C@@H]1C[C@H](CC(=O)OC(C)(C)C)OC(C)(C)O1.CSC[C@@H]1C[C@H](CC(=O)OC(C)(C)C)OC(C)(C)O1.Cc1nc2ccccc2s1.Cc1nnnn1-c1ccccc1. The number of aromatic nitrogens is 5. The van der Waals surface area contributed by atoms with Crippen LogP contribution in [0.4, 0.5) is 0 Å². The van der Waals surface area contributed by atoms with Crippen molar-refractivity contribution in [3.8, 4) is 5.69 Å². The largest absolute Gasteiger partial charge is 0.460 e. The molecular formula is C59H97N5O14S3. The van der Waals surface area contributed by atoms with Crippen molar-refractivity contribution in [1.82, 2.24) is 25.2 Å². The van der Waals surface area contributed by atoms with Gasteiger partial charge in [-0.25, -0.2) is 13.4 Å². The Hall–Kier alpha value is -4.13. The lowest BCUT2D eigenvalue weighted by Crippen LogP contribution is -2.47. The molecule has 0 aliphatic carbocycles. The van der Waals surface area contributed by atoms with Gasteiger partial charge in [-0.05, 0) is 165 Å². The lowest BCUT2D eigenvalue weighted by molar-refractivity contribution is -0.300. The van der Waals surface area contributed by atoms with E-state index in [1.54, 1.807) is 62.4 Å². The van der Waals surface area contributed by atoms with Gasteiger partial charge in [0.05, 0.1) is 82.6 Å². The molecule has 6 atom stereocenters. The minimum Gasteiger partial charge on any atom is -0.460 e. The number of sulfone groups is 1. The number of nitrogens with zero attached hydrogens (tertiary/aromatic N) is 5. The van der Waals surface area contributed by atoms with Gasteiger partial charge in [0, 0.05) is 31.3 Å². The average molecular weight is 1200 g/mol. The summed E-state index contributed by atoms with van der Waals surface area (Å²) in [5.41, 5.74) is 0.660. The van der Waals surface area contributed by atoms with E-state index in [0.717, 1.165) is 47.1 Å². The van der Waals surface area contributed by atoms with Crippen molar-refractivity contribution in [3.05, 3.63) is 65.4 Å². The molecule has 0 amide bonds. The molecule has 2 aromatic carbocycles. The van der Waals surface area contributed by atoms with Crippen molar-refractivity contribution in [2.45, 2.75) is 248 Å². The Kier molecular flexibility index (Phi) is 28.5. The van der Waals surface area contributed by atoms with E-state index in [9.17, 15) is 22.8 Å². The maximum absolute atomic E-state index is 11.9. The van der Waals surface area contributed by atoms with Crippen molar-refractivity contribution in [1.29, 1.82) is 0 Å². The molecular weight excluding hydrogens is 1100 g/mol. The molecule has 0 saturated carbocycles. The van der Waals surface area contributed by atoms with Crippen LogP contribution in [0.15, 0.2) is 54.6 Å². The Balaban J connectivity index is 0.000000351. The summed E-state index contributed by atoms with van der Waals surface area (Å²) in [5, 5.41) is 12.3. The van der Waals surface area contributed by atoms with E-state index in [0.29, 0.717) is 12.8 Å². The predicted octanol–water partition coefficient (Wildman–Crippen LogP) is 11.9. The Bertz CT molecular complexity index is 2610. The highest BCUT2D eigenvalue weighted by molar-refractivity contribution is 7.98. The molecule has 5 heterocycles. The number of carbonyl (C=O) groups is 3. The van der Waals surface area contributed by atoms with E-state index in [4.69, 9.17) is 42.6 Å². The highest BCUT2D eigenvalue weighted by Gasteiger charge is 2.40. The van der Waals surface area contributed by atoms with Crippen LogP contribution in [0.25, 0.3) is 15.9 Å². The molecule has 460 valence electrons. The molecule has 22 heteroatoms. The number of ether oxygens (including phenoxy) is 9. The van der Waals surface area contributed by atoms with Crippen LogP contribution in [0, 0.1) is 13.8 Å². The second-order valence-electron chi connectivity index (χ2n) is 24.3. The molecule has 0 spiro atoms.